The van der Waals surface area contributed by atoms with Crippen LogP contribution in [0.25, 0.3) is 0 Å². The molecular formula is C23H25F3N4O7. The van der Waals surface area contributed by atoms with E-state index in [1.165, 1.54) is 24.3 Å². The summed E-state index contributed by atoms with van der Waals surface area (Å²) < 4.78 is 55.2. The van der Waals surface area contributed by atoms with E-state index in [9.17, 15) is 33.0 Å². The third-order valence-electron chi connectivity index (χ3n) is 5.88. The Bertz CT molecular complexity index is 1150. The van der Waals surface area contributed by atoms with Crippen molar-refractivity contribution < 1.29 is 47.2 Å². The second kappa shape index (κ2) is 10.2. The zero-order valence-electron chi connectivity index (χ0n) is 19.7. The number of aliphatic hydroxyl groups excluding tert-OH is 2. The van der Waals surface area contributed by atoms with Gasteiger partial charge in [0.15, 0.2) is 12.0 Å². The van der Waals surface area contributed by atoms with Gasteiger partial charge in [0.2, 0.25) is 0 Å². The third-order valence-corrected chi connectivity index (χ3v) is 5.88. The van der Waals surface area contributed by atoms with Gasteiger partial charge in [0, 0.05) is 5.56 Å². The van der Waals surface area contributed by atoms with E-state index in [2.05, 4.69) is 20.6 Å². The van der Waals surface area contributed by atoms with Crippen molar-refractivity contribution >= 4 is 17.7 Å². The lowest BCUT2D eigenvalue weighted by molar-refractivity contribution is -0.212. The molecule has 4 rings (SSSR count). The topological polar surface area (TPSA) is 152 Å². The predicted octanol–water partition coefficient (Wildman–Crippen LogP) is 1.12. The van der Waals surface area contributed by atoms with Gasteiger partial charge in [-0.15, -0.1) is 0 Å². The first-order chi connectivity index (χ1) is 17.4. The molecule has 5 atom stereocenters. The molecule has 37 heavy (non-hydrogen) atoms. The summed E-state index contributed by atoms with van der Waals surface area (Å²) in [5.74, 6) is -1.36. The van der Waals surface area contributed by atoms with Gasteiger partial charge < -0.3 is 35.1 Å². The lowest BCUT2D eigenvalue weighted by atomic mass is 9.87. The highest BCUT2D eigenvalue weighted by Crippen LogP contribution is 2.38. The molecule has 2 fully saturated rings. The Balaban J connectivity index is 1.39. The molecule has 14 heteroatoms. The fourth-order valence-corrected chi connectivity index (χ4v) is 3.99. The number of alkyl halides is 3. The maximum absolute atomic E-state index is 12.9. The van der Waals surface area contributed by atoms with Crippen molar-refractivity contribution in [2.75, 3.05) is 18.5 Å². The maximum atomic E-state index is 12.9. The number of halogens is 3. The lowest BCUT2D eigenvalue weighted by Crippen LogP contribution is -2.66. The minimum atomic E-state index is -4.72. The minimum Gasteiger partial charge on any atom is -0.459 e. The first-order valence-corrected chi connectivity index (χ1v) is 11.3. The summed E-state index contributed by atoms with van der Waals surface area (Å²) in [4.78, 5) is 31.5. The van der Waals surface area contributed by atoms with Crippen molar-refractivity contribution in [3.63, 3.8) is 0 Å². The Hall–Kier alpha value is -3.33. The fraction of sp³-hybridized carbons (Fsp3) is 0.478. The van der Waals surface area contributed by atoms with E-state index in [1.54, 1.807) is 13.8 Å². The van der Waals surface area contributed by atoms with E-state index >= 15 is 0 Å². The van der Waals surface area contributed by atoms with Crippen LogP contribution in [0.1, 0.15) is 40.3 Å². The molecule has 0 aliphatic carbocycles. The zero-order chi connectivity index (χ0) is 27.0. The number of nitrogens with zero attached hydrogens (tertiary/aromatic N) is 2. The molecule has 3 heterocycles. The minimum absolute atomic E-state index is 0.206. The Kier molecular flexibility index (Phi) is 7.37. The van der Waals surface area contributed by atoms with Gasteiger partial charge >= 0.3 is 12.1 Å². The zero-order valence-corrected chi connectivity index (χ0v) is 19.7. The average Bonchev–Trinajstić information content (AvgIpc) is 3.26. The summed E-state index contributed by atoms with van der Waals surface area (Å²) in [5, 5.41) is 26.7. The first kappa shape index (κ1) is 26.7. The summed E-state index contributed by atoms with van der Waals surface area (Å²) >= 11 is 0. The molecule has 2 saturated heterocycles. The second-order valence-electron chi connectivity index (χ2n) is 8.97. The number of amides is 1. The molecule has 1 aromatic heterocycles. The maximum Gasteiger partial charge on any atom is 0.434 e. The quantitative estimate of drug-likeness (QED) is 0.386. The monoisotopic (exact) mass is 526 g/mol. The van der Waals surface area contributed by atoms with Crippen LogP contribution in [0.5, 0.6) is 0 Å². The van der Waals surface area contributed by atoms with E-state index in [1.807, 2.05) is 0 Å². The van der Waals surface area contributed by atoms with Gasteiger partial charge in [0.05, 0.1) is 37.2 Å². The van der Waals surface area contributed by atoms with Gasteiger partial charge in [0.1, 0.15) is 29.7 Å². The molecule has 0 unspecified atom stereocenters. The molecule has 1 aromatic carbocycles. The number of esters is 1. The number of aromatic nitrogens is 2. The Labute approximate surface area is 209 Å². The van der Waals surface area contributed by atoms with E-state index < -0.39 is 53.9 Å². The van der Waals surface area contributed by atoms with Crippen LogP contribution in [0.15, 0.2) is 36.7 Å². The number of ether oxygens (including phenoxy) is 3. The number of rotatable bonds is 7. The van der Waals surface area contributed by atoms with Crippen molar-refractivity contribution in [3.05, 3.63) is 53.5 Å². The Morgan fingerprint density at radius 3 is 2.51 bits per heavy atom. The highest BCUT2D eigenvalue weighted by Gasteiger charge is 2.59. The number of nitrogens with one attached hydrogen (secondary N) is 2. The third kappa shape index (κ3) is 5.66. The molecule has 0 spiro atoms. The Morgan fingerprint density at radius 1 is 1.19 bits per heavy atom. The molecule has 2 aliphatic heterocycles. The van der Waals surface area contributed by atoms with Crippen LogP contribution in [0, 0.1) is 0 Å². The molecule has 0 radical (unpaired) electrons. The molecule has 0 saturated carbocycles. The van der Waals surface area contributed by atoms with Gasteiger partial charge in [-0.25, -0.2) is 9.78 Å². The van der Waals surface area contributed by atoms with Gasteiger partial charge in [-0.05, 0) is 38.1 Å². The lowest BCUT2D eigenvalue weighted by Gasteiger charge is -2.43. The fourth-order valence-electron chi connectivity index (χ4n) is 3.99. The SMILES string of the molecule is CC(C)OC(=O)c1ccc(C(=O)NC[C@@]23CO[C@@H](O2)[C@H](Nc2cncc(C(F)(F)F)n2)[C@@H](O)[C@H]3O)cc1. The largest absolute Gasteiger partial charge is 0.459 e. The molecular weight excluding hydrogens is 501 g/mol. The standard InChI is InChI=1S/C23H25F3N4O7/c1-11(2)36-20(34)13-5-3-12(4-6-13)19(33)28-9-22-10-35-21(37-22)16(17(31)18(22)32)30-15-8-27-7-14(29-15)23(24,25)26/h3-8,11,16-18,21,31-32H,9-10H2,1-2H3,(H,28,33)(H,29,30)/t16-,17-,18-,21+,22+/m1/s1. The number of hydrogen-bond donors (Lipinski definition) is 4. The second-order valence-corrected chi connectivity index (χ2v) is 8.97. The predicted molar refractivity (Wildman–Crippen MR) is 119 cm³/mol. The van der Waals surface area contributed by atoms with E-state index in [-0.39, 0.29) is 36.2 Å². The first-order valence-electron chi connectivity index (χ1n) is 11.3. The molecule has 1 amide bonds. The summed E-state index contributed by atoms with van der Waals surface area (Å²) in [6.07, 6.45) is -7.70. The van der Waals surface area contributed by atoms with Crippen LogP contribution in [0.3, 0.4) is 0 Å². The smallest absolute Gasteiger partial charge is 0.434 e. The molecule has 2 aromatic rings. The number of aliphatic hydroxyl groups is 2. The summed E-state index contributed by atoms with van der Waals surface area (Å²) in [6, 6.07) is 4.57. The highest BCUT2D eigenvalue weighted by atomic mass is 19.4. The number of hydrogen-bond acceptors (Lipinski definition) is 10. The van der Waals surface area contributed by atoms with Gasteiger partial charge in [-0.3, -0.25) is 9.78 Å². The van der Waals surface area contributed by atoms with Crippen molar-refractivity contribution in [1.82, 2.24) is 15.3 Å². The molecule has 2 aliphatic rings. The van der Waals surface area contributed by atoms with Crippen molar-refractivity contribution in [1.29, 1.82) is 0 Å². The highest BCUT2D eigenvalue weighted by molar-refractivity contribution is 5.96. The van der Waals surface area contributed by atoms with E-state index in [4.69, 9.17) is 14.2 Å². The normalized spacial score (nSPS) is 27.1. The van der Waals surface area contributed by atoms with E-state index in [0.717, 1.165) is 6.20 Å². The molecule has 11 nitrogen and oxygen atoms in total. The van der Waals surface area contributed by atoms with E-state index in [0.29, 0.717) is 6.20 Å². The number of anilines is 1. The number of fused-ring (bicyclic) bond motifs is 2. The van der Waals surface area contributed by atoms with Crippen molar-refractivity contribution in [3.8, 4) is 0 Å². The van der Waals surface area contributed by atoms with Crippen molar-refractivity contribution in [2.45, 2.75) is 56.3 Å². The van der Waals surface area contributed by atoms with Gasteiger partial charge in [-0.1, -0.05) is 0 Å². The molecule has 2 bridgehead atoms. The van der Waals surface area contributed by atoms with Crippen LogP contribution in [0.2, 0.25) is 0 Å². The van der Waals surface area contributed by atoms with Crippen LogP contribution in [-0.2, 0) is 20.4 Å². The van der Waals surface area contributed by atoms with Crippen LogP contribution in [0.4, 0.5) is 19.0 Å². The molecule has 200 valence electrons. The number of carbonyl (C=O) groups excluding carboxylic acids is 2. The van der Waals surface area contributed by atoms with Crippen molar-refractivity contribution in [2.24, 2.45) is 0 Å². The summed E-state index contributed by atoms with van der Waals surface area (Å²) in [7, 11) is 0. The van der Waals surface area contributed by atoms with Crippen LogP contribution < -0.4 is 10.6 Å². The molecule has 4 N–H and O–H groups in total. The summed E-state index contributed by atoms with van der Waals surface area (Å²) in [6.45, 7) is 2.98. The summed E-state index contributed by atoms with van der Waals surface area (Å²) in [5.41, 5.74) is -2.24. The number of benzene rings is 1. The number of carbonyl (C=O) groups is 2. The Morgan fingerprint density at radius 2 is 1.86 bits per heavy atom. The van der Waals surface area contributed by atoms with Crippen LogP contribution in [-0.4, -0.2) is 81.5 Å². The van der Waals surface area contributed by atoms with Gasteiger partial charge in [0.25, 0.3) is 5.91 Å². The van der Waals surface area contributed by atoms with Crippen LogP contribution >= 0.6 is 0 Å². The average molecular weight is 526 g/mol. The van der Waals surface area contributed by atoms with Gasteiger partial charge in [-0.2, -0.15) is 13.2 Å².